The van der Waals surface area contributed by atoms with Crippen molar-refractivity contribution in [2.45, 2.75) is 45.6 Å². The summed E-state index contributed by atoms with van der Waals surface area (Å²) in [7, 11) is 0. The van der Waals surface area contributed by atoms with Gasteiger partial charge in [0.1, 0.15) is 11.4 Å². The zero-order chi connectivity index (χ0) is 21.2. The molecule has 0 saturated heterocycles. The molecule has 1 unspecified atom stereocenters. The van der Waals surface area contributed by atoms with Crippen LogP contribution in [-0.2, 0) is 23.9 Å². The third-order valence-electron chi connectivity index (χ3n) is 7.84. The number of allylic oxidation sites excluding steroid dienone is 6. The van der Waals surface area contributed by atoms with E-state index in [1.807, 2.05) is 32.1 Å². The summed E-state index contributed by atoms with van der Waals surface area (Å²) in [5.41, 5.74) is -2.34. The van der Waals surface area contributed by atoms with Crippen LogP contribution in [0.4, 0.5) is 0 Å². The number of rotatable bonds is 3. The number of carbonyl (C=O) groups is 4. The van der Waals surface area contributed by atoms with Crippen LogP contribution >= 0.6 is 0 Å². The van der Waals surface area contributed by atoms with E-state index in [1.165, 1.54) is 13.0 Å². The zero-order valence-electron chi connectivity index (χ0n) is 16.9. The molecule has 0 amide bonds. The van der Waals surface area contributed by atoms with Gasteiger partial charge >= 0.3 is 5.97 Å². The molecule has 6 atom stereocenters. The lowest BCUT2D eigenvalue weighted by Crippen LogP contribution is -2.60. The van der Waals surface area contributed by atoms with Crippen LogP contribution in [0.25, 0.3) is 0 Å². The first-order chi connectivity index (χ1) is 13.5. The van der Waals surface area contributed by atoms with E-state index in [2.05, 4.69) is 0 Å². The molecule has 0 bridgehead atoms. The number of esters is 1. The molecule has 0 aromatic rings. The predicted molar refractivity (Wildman–Crippen MR) is 104 cm³/mol. The quantitative estimate of drug-likeness (QED) is 0.732. The van der Waals surface area contributed by atoms with Crippen LogP contribution in [0.3, 0.4) is 0 Å². The van der Waals surface area contributed by atoms with E-state index in [4.69, 9.17) is 4.74 Å². The lowest BCUT2D eigenvalue weighted by atomic mass is 9.48. The van der Waals surface area contributed by atoms with Gasteiger partial charge in [0.25, 0.3) is 0 Å². The summed E-state index contributed by atoms with van der Waals surface area (Å²) < 4.78 is 4.84. The van der Waals surface area contributed by atoms with Crippen LogP contribution in [0.1, 0.15) is 40.0 Å². The molecule has 4 aliphatic rings. The number of carbonyl (C=O) groups excluding carboxylic acids is 4. The summed E-state index contributed by atoms with van der Waals surface area (Å²) >= 11 is 0. The maximum atomic E-state index is 13.4. The molecule has 0 aliphatic heterocycles. The fraction of sp³-hybridized carbons (Fsp3) is 0.565. The van der Waals surface area contributed by atoms with E-state index in [1.54, 1.807) is 6.08 Å². The molecule has 0 heterocycles. The first-order valence-corrected chi connectivity index (χ1v) is 10.1. The summed E-state index contributed by atoms with van der Waals surface area (Å²) in [5, 5.41) is 11.4. The average molecular weight is 398 g/mol. The second-order valence-corrected chi connectivity index (χ2v) is 9.30. The van der Waals surface area contributed by atoms with E-state index in [-0.39, 0.29) is 42.2 Å². The third kappa shape index (κ3) is 2.65. The summed E-state index contributed by atoms with van der Waals surface area (Å²) in [6, 6.07) is 0. The topological polar surface area (TPSA) is 97.7 Å². The zero-order valence-corrected chi connectivity index (χ0v) is 16.9. The van der Waals surface area contributed by atoms with E-state index >= 15 is 0 Å². The third-order valence-corrected chi connectivity index (χ3v) is 7.84. The van der Waals surface area contributed by atoms with Gasteiger partial charge in [-0.05, 0) is 42.4 Å². The Labute approximate surface area is 169 Å². The van der Waals surface area contributed by atoms with Gasteiger partial charge in [-0.15, -0.1) is 0 Å². The Kier molecular flexibility index (Phi) is 4.35. The lowest BCUT2D eigenvalue weighted by Gasteiger charge is -2.54. The molecule has 29 heavy (non-hydrogen) atoms. The van der Waals surface area contributed by atoms with Gasteiger partial charge in [0.05, 0.1) is 0 Å². The monoisotopic (exact) mass is 398 g/mol. The molecule has 1 N–H and O–H groups in total. The summed E-state index contributed by atoms with van der Waals surface area (Å²) in [6.07, 6.45) is 9.77. The van der Waals surface area contributed by atoms with Gasteiger partial charge in [-0.2, -0.15) is 0 Å². The van der Waals surface area contributed by atoms with Crippen molar-refractivity contribution in [3.63, 3.8) is 0 Å². The Morgan fingerprint density at radius 1 is 1.24 bits per heavy atom. The number of aliphatic hydroxyl groups is 1. The molecule has 6 nitrogen and oxygen atoms in total. The average Bonchev–Trinajstić information content (AvgIpc) is 2.91. The molecule has 4 aliphatic carbocycles. The maximum absolute atomic E-state index is 13.4. The predicted octanol–water partition coefficient (Wildman–Crippen LogP) is 2.11. The summed E-state index contributed by atoms with van der Waals surface area (Å²) in [6.45, 7) is 4.52. The molecule has 6 heteroatoms. The summed E-state index contributed by atoms with van der Waals surface area (Å²) in [4.78, 5) is 49.1. The number of ketones is 3. The maximum Gasteiger partial charge on any atom is 0.303 e. The molecule has 0 radical (unpaired) electrons. The second kappa shape index (κ2) is 6.33. The highest BCUT2D eigenvalue weighted by Crippen LogP contribution is 2.64. The van der Waals surface area contributed by atoms with Crippen LogP contribution in [0.15, 0.2) is 36.0 Å². The smallest absolute Gasteiger partial charge is 0.303 e. The van der Waals surface area contributed by atoms with E-state index in [0.29, 0.717) is 6.42 Å². The molecular weight excluding hydrogens is 372 g/mol. The summed E-state index contributed by atoms with van der Waals surface area (Å²) in [5.74, 6) is -1.73. The first-order valence-electron chi connectivity index (χ1n) is 10.1. The molecular formula is C23H26O6. The Bertz CT molecular complexity index is 910. The molecule has 0 aromatic carbocycles. The highest BCUT2D eigenvalue weighted by Gasteiger charge is 2.67. The van der Waals surface area contributed by atoms with Gasteiger partial charge in [-0.1, -0.05) is 32.1 Å². The van der Waals surface area contributed by atoms with Crippen molar-refractivity contribution in [2.24, 2.45) is 28.6 Å². The standard InChI is InChI=1S/C23H26O6/c1-13(24)29-12-19(27)23(28)9-7-17-16-5-4-14-10-15(25)6-8-21(14,2)20(16)18(26)11-22(17,23)3/h4-6,8,10,16-17,20,28H,7,9,11-12H2,1-3H3/t16-,17-,20+,21?,22-,23-/m0/s1. The Balaban J connectivity index is 1.71. The Morgan fingerprint density at radius 2 is 1.97 bits per heavy atom. The van der Waals surface area contributed by atoms with Crippen LogP contribution in [-0.4, -0.2) is 40.6 Å². The van der Waals surface area contributed by atoms with Gasteiger partial charge in [-0.3, -0.25) is 19.2 Å². The number of fused-ring (bicyclic) bond motifs is 5. The molecule has 0 aromatic heterocycles. The molecule has 0 spiro atoms. The Hall–Kier alpha value is -2.34. The second-order valence-electron chi connectivity index (χ2n) is 9.30. The largest absolute Gasteiger partial charge is 0.458 e. The SMILES string of the molecule is CC(=O)OCC(=O)[C@@]1(O)CC[C@H]2[C@@H]3C=CC4=CC(=O)C=CC4(C)[C@H]3C(=O)C[C@@]21C. The van der Waals surface area contributed by atoms with Gasteiger partial charge in [-0.25, -0.2) is 0 Å². The van der Waals surface area contributed by atoms with E-state index < -0.39 is 34.8 Å². The van der Waals surface area contributed by atoms with Crippen molar-refractivity contribution in [3.8, 4) is 0 Å². The van der Waals surface area contributed by atoms with E-state index in [0.717, 1.165) is 5.57 Å². The van der Waals surface area contributed by atoms with E-state index in [9.17, 15) is 24.3 Å². The van der Waals surface area contributed by atoms with Crippen LogP contribution in [0.2, 0.25) is 0 Å². The minimum Gasteiger partial charge on any atom is -0.458 e. The van der Waals surface area contributed by atoms with Crippen molar-refractivity contribution >= 4 is 23.3 Å². The highest BCUT2D eigenvalue weighted by molar-refractivity contribution is 6.02. The van der Waals surface area contributed by atoms with Gasteiger partial charge in [0, 0.05) is 30.1 Å². The van der Waals surface area contributed by atoms with Gasteiger partial charge in [0.2, 0.25) is 5.78 Å². The normalized spacial score (nSPS) is 42.6. The van der Waals surface area contributed by atoms with Crippen molar-refractivity contribution in [1.82, 2.24) is 0 Å². The van der Waals surface area contributed by atoms with Crippen molar-refractivity contribution < 1.29 is 29.0 Å². The molecule has 4 rings (SSSR count). The van der Waals surface area contributed by atoms with Gasteiger partial charge in [0.15, 0.2) is 12.4 Å². The van der Waals surface area contributed by atoms with Gasteiger partial charge < -0.3 is 9.84 Å². The fourth-order valence-electron chi connectivity index (χ4n) is 6.25. The Morgan fingerprint density at radius 3 is 2.66 bits per heavy atom. The molecule has 2 saturated carbocycles. The van der Waals surface area contributed by atoms with Crippen LogP contribution in [0.5, 0.6) is 0 Å². The number of Topliss-reactive ketones (excluding diaryl/α,β-unsaturated/α-hetero) is 2. The van der Waals surface area contributed by atoms with Crippen molar-refractivity contribution in [3.05, 3.63) is 36.0 Å². The van der Waals surface area contributed by atoms with Crippen molar-refractivity contribution in [1.29, 1.82) is 0 Å². The first kappa shape index (κ1) is 20.0. The molecule has 154 valence electrons. The number of hydrogen-bond donors (Lipinski definition) is 1. The lowest BCUT2D eigenvalue weighted by molar-refractivity contribution is -0.169. The molecule has 2 fully saturated rings. The van der Waals surface area contributed by atoms with Crippen LogP contribution in [0, 0.1) is 28.6 Å². The number of ether oxygens (including phenoxy) is 1. The minimum absolute atomic E-state index is 0.00823. The highest BCUT2D eigenvalue weighted by atomic mass is 16.5. The van der Waals surface area contributed by atoms with Crippen LogP contribution < -0.4 is 0 Å². The number of hydrogen-bond acceptors (Lipinski definition) is 6. The van der Waals surface area contributed by atoms with Crippen molar-refractivity contribution in [2.75, 3.05) is 6.61 Å². The minimum atomic E-state index is -1.70. The fourth-order valence-corrected chi connectivity index (χ4v) is 6.25.